The number of hydrazine groups is 1. The summed E-state index contributed by atoms with van der Waals surface area (Å²) in [6.07, 6.45) is 6.46. The number of hydrogen-bond acceptors (Lipinski definition) is 7. The highest BCUT2D eigenvalue weighted by Gasteiger charge is 2.27. The first kappa shape index (κ1) is 21.0. The molecule has 2 atom stereocenters. The van der Waals surface area contributed by atoms with Gasteiger partial charge in [0.1, 0.15) is 5.82 Å². The standard InChI is InChI=1S/C22H25FN6O2/c1-31-22-14-5-4-8-18(20(14)15(23)12-27-22)29(28-17-7-3-2-6-16(17)24)19-10-9-13(11-26-19)21(25)30/h4-5,8-12,16-17,28H,2-3,6-7,24H2,1H3,(H2,25,30). The van der Waals surface area contributed by atoms with Crippen LogP contribution >= 0.6 is 0 Å². The van der Waals surface area contributed by atoms with Gasteiger partial charge in [-0.2, -0.15) is 0 Å². The second kappa shape index (κ2) is 8.83. The molecule has 4 rings (SSSR count). The van der Waals surface area contributed by atoms with Crippen LogP contribution in [0.5, 0.6) is 5.88 Å². The van der Waals surface area contributed by atoms with Crippen molar-refractivity contribution >= 4 is 28.2 Å². The average Bonchev–Trinajstić information content (AvgIpc) is 2.79. The maximum atomic E-state index is 15.0. The van der Waals surface area contributed by atoms with Crippen LogP contribution in [0, 0.1) is 5.82 Å². The van der Waals surface area contributed by atoms with E-state index >= 15 is 0 Å². The van der Waals surface area contributed by atoms with Gasteiger partial charge in [-0.05, 0) is 37.1 Å². The summed E-state index contributed by atoms with van der Waals surface area (Å²) in [5.41, 5.74) is 16.0. The number of nitrogens with one attached hydrogen (secondary N) is 1. The predicted molar refractivity (Wildman–Crippen MR) is 117 cm³/mol. The number of fused-ring (bicyclic) bond motifs is 1. The Morgan fingerprint density at radius 1 is 1.19 bits per heavy atom. The fraction of sp³-hybridized carbons (Fsp3) is 0.318. The number of hydrogen-bond donors (Lipinski definition) is 3. The molecule has 0 aliphatic heterocycles. The lowest BCUT2D eigenvalue weighted by atomic mass is 9.91. The van der Waals surface area contributed by atoms with Crippen LogP contribution in [0.2, 0.25) is 0 Å². The van der Waals surface area contributed by atoms with E-state index in [1.54, 1.807) is 35.3 Å². The normalized spacial score (nSPS) is 18.7. The molecule has 1 aliphatic rings. The Morgan fingerprint density at radius 2 is 2.00 bits per heavy atom. The van der Waals surface area contributed by atoms with E-state index in [1.807, 2.05) is 0 Å². The largest absolute Gasteiger partial charge is 0.481 e. The molecule has 2 unspecified atom stereocenters. The highest BCUT2D eigenvalue weighted by molar-refractivity contribution is 5.98. The molecule has 1 aliphatic carbocycles. The van der Waals surface area contributed by atoms with E-state index in [1.165, 1.54) is 13.3 Å². The number of carbonyl (C=O) groups excluding carboxylic acids is 1. The van der Waals surface area contributed by atoms with Gasteiger partial charge < -0.3 is 16.2 Å². The summed E-state index contributed by atoms with van der Waals surface area (Å²) in [6.45, 7) is 0. The fourth-order valence-corrected chi connectivity index (χ4v) is 3.98. The van der Waals surface area contributed by atoms with Crippen LogP contribution in [-0.4, -0.2) is 35.1 Å². The number of rotatable bonds is 6. The Balaban J connectivity index is 1.85. The molecule has 2 aromatic heterocycles. The van der Waals surface area contributed by atoms with E-state index in [0.717, 1.165) is 31.9 Å². The number of halogens is 1. The van der Waals surface area contributed by atoms with Crippen LogP contribution in [0.1, 0.15) is 36.0 Å². The minimum absolute atomic E-state index is 0.0200. The summed E-state index contributed by atoms with van der Waals surface area (Å²) in [4.78, 5) is 19.9. The van der Waals surface area contributed by atoms with Crippen LogP contribution in [-0.2, 0) is 0 Å². The second-order valence-corrected chi connectivity index (χ2v) is 7.60. The third-order valence-corrected chi connectivity index (χ3v) is 5.62. The number of nitrogens with zero attached hydrogens (tertiary/aromatic N) is 3. The SMILES string of the molecule is COc1ncc(F)c2c(N(NC3CCCCC3N)c3ccc(C(N)=O)cn3)cccc12. The molecule has 162 valence electrons. The Labute approximate surface area is 179 Å². The highest BCUT2D eigenvalue weighted by Crippen LogP contribution is 2.36. The van der Waals surface area contributed by atoms with Crippen LogP contribution in [0.3, 0.4) is 0 Å². The van der Waals surface area contributed by atoms with E-state index in [-0.39, 0.29) is 17.6 Å². The summed E-state index contributed by atoms with van der Waals surface area (Å²) in [5.74, 6) is -0.255. The lowest BCUT2D eigenvalue weighted by Crippen LogP contribution is -2.53. The van der Waals surface area contributed by atoms with Crippen molar-refractivity contribution in [3.8, 4) is 5.88 Å². The van der Waals surface area contributed by atoms with Gasteiger partial charge in [0.15, 0.2) is 5.82 Å². The smallest absolute Gasteiger partial charge is 0.250 e. The average molecular weight is 424 g/mol. The van der Waals surface area contributed by atoms with Gasteiger partial charge in [-0.3, -0.25) is 9.80 Å². The number of primary amides is 1. The number of nitrogens with two attached hydrogens (primary N) is 2. The number of ether oxygens (including phenoxy) is 1. The summed E-state index contributed by atoms with van der Waals surface area (Å²) in [5, 5.41) is 2.59. The number of pyridine rings is 2. The maximum Gasteiger partial charge on any atom is 0.250 e. The van der Waals surface area contributed by atoms with Crippen molar-refractivity contribution in [3.05, 3.63) is 54.1 Å². The van der Waals surface area contributed by atoms with Gasteiger partial charge in [-0.25, -0.2) is 19.8 Å². The van der Waals surface area contributed by atoms with Crippen molar-refractivity contribution in [3.63, 3.8) is 0 Å². The van der Waals surface area contributed by atoms with Crippen LogP contribution in [0.15, 0.2) is 42.7 Å². The van der Waals surface area contributed by atoms with Gasteiger partial charge >= 0.3 is 0 Å². The Kier molecular flexibility index (Phi) is 5.97. The van der Waals surface area contributed by atoms with Crippen molar-refractivity contribution < 1.29 is 13.9 Å². The first-order valence-corrected chi connectivity index (χ1v) is 10.2. The zero-order valence-corrected chi connectivity index (χ0v) is 17.2. The van der Waals surface area contributed by atoms with Gasteiger partial charge in [-0.15, -0.1) is 0 Å². The minimum Gasteiger partial charge on any atom is -0.481 e. The number of methoxy groups -OCH3 is 1. The second-order valence-electron chi connectivity index (χ2n) is 7.60. The van der Waals surface area contributed by atoms with E-state index in [4.69, 9.17) is 16.2 Å². The molecule has 1 aromatic carbocycles. The van der Waals surface area contributed by atoms with E-state index in [0.29, 0.717) is 28.2 Å². The van der Waals surface area contributed by atoms with Gasteiger partial charge in [0.25, 0.3) is 0 Å². The molecule has 1 amide bonds. The Hall–Kier alpha value is -3.30. The molecule has 0 spiro atoms. The zero-order valence-electron chi connectivity index (χ0n) is 17.2. The van der Waals surface area contributed by atoms with Gasteiger partial charge in [0.05, 0.1) is 24.6 Å². The number of benzene rings is 1. The quantitative estimate of drug-likeness (QED) is 0.521. The van der Waals surface area contributed by atoms with Crippen molar-refractivity contribution in [2.45, 2.75) is 37.8 Å². The highest BCUT2D eigenvalue weighted by atomic mass is 19.1. The third-order valence-electron chi connectivity index (χ3n) is 5.62. The molecule has 1 saturated carbocycles. The van der Waals surface area contributed by atoms with Crippen molar-refractivity contribution in [1.29, 1.82) is 0 Å². The summed E-state index contributed by atoms with van der Waals surface area (Å²) in [7, 11) is 1.49. The fourth-order valence-electron chi connectivity index (χ4n) is 3.98. The van der Waals surface area contributed by atoms with Gasteiger partial charge in [-0.1, -0.05) is 18.9 Å². The van der Waals surface area contributed by atoms with E-state index in [9.17, 15) is 9.18 Å². The minimum atomic E-state index is -0.570. The van der Waals surface area contributed by atoms with Crippen LogP contribution in [0.4, 0.5) is 15.9 Å². The number of amides is 1. The van der Waals surface area contributed by atoms with Crippen molar-refractivity contribution in [2.75, 3.05) is 12.1 Å². The van der Waals surface area contributed by atoms with E-state index < -0.39 is 11.7 Å². The lowest BCUT2D eigenvalue weighted by molar-refractivity contribution is 0.1000. The van der Waals surface area contributed by atoms with Gasteiger partial charge in [0, 0.05) is 29.1 Å². The monoisotopic (exact) mass is 424 g/mol. The van der Waals surface area contributed by atoms with Crippen LogP contribution < -0.4 is 26.6 Å². The third kappa shape index (κ3) is 4.14. The molecule has 0 radical (unpaired) electrons. The topological polar surface area (TPSA) is 119 Å². The molecule has 0 bridgehead atoms. The Bertz CT molecular complexity index is 1090. The number of carbonyl (C=O) groups is 1. The molecule has 1 fully saturated rings. The van der Waals surface area contributed by atoms with Crippen molar-refractivity contribution in [1.82, 2.24) is 15.4 Å². The maximum absolute atomic E-state index is 15.0. The first-order valence-electron chi connectivity index (χ1n) is 10.2. The van der Waals surface area contributed by atoms with Gasteiger partial charge in [0.2, 0.25) is 11.8 Å². The molecule has 8 nitrogen and oxygen atoms in total. The molecule has 5 N–H and O–H groups in total. The summed E-state index contributed by atoms with van der Waals surface area (Å²) in [6, 6.07) is 8.53. The molecule has 3 aromatic rings. The summed E-state index contributed by atoms with van der Waals surface area (Å²) >= 11 is 0. The Morgan fingerprint density at radius 3 is 2.68 bits per heavy atom. The molecular formula is C22H25FN6O2. The molecule has 9 heteroatoms. The van der Waals surface area contributed by atoms with E-state index in [2.05, 4.69) is 15.4 Å². The zero-order chi connectivity index (χ0) is 22.0. The lowest BCUT2D eigenvalue weighted by Gasteiger charge is -2.36. The van der Waals surface area contributed by atoms with Crippen LogP contribution in [0.25, 0.3) is 10.8 Å². The molecule has 2 heterocycles. The number of anilines is 2. The van der Waals surface area contributed by atoms with Crippen molar-refractivity contribution in [2.24, 2.45) is 11.5 Å². The first-order chi connectivity index (χ1) is 15.0. The molecule has 31 heavy (non-hydrogen) atoms. The predicted octanol–water partition coefficient (Wildman–Crippen LogP) is 2.79. The number of aromatic nitrogens is 2. The molecule has 0 saturated heterocycles. The summed E-state index contributed by atoms with van der Waals surface area (Å²) < 4.78 is 20.3. The molecular weight excluding hydrogens is 399 g/mol.